The van der Waals surface area contributed by atoms with Crippen molar-refractivity contribution < 1.29 is 4.79 Å². The maximum Gasteiger partial charge on any atom is 0.282 e. The molecule has 0 spiro atoms. The molecule has 82 valence electrons. The van der Waals surface area contributed by atoms with Crippen molar-refractivity contribution in [3.8, 4) is 0 Å². The van der Waals surface area contributed by atoms with Crippen molar-refractivity contribution in [2.45, 2.75) is 32.7 Å². The Labute approximate surface area is 97.0 Å². The molecule has 0 saturated heterocycles. The number of halogens is 1. The van der Waals surface area contributed by atoms with Gasteiger partial charge in [0, 0.05) is 6.04 Å². The van der Waals surface area contributed by atoms with Crippen LogP contribution >= 0.6 is 22.9 Å². The zero-order valence-corrected chi connectivity index (χ0v) is 10.2. The lowest BCUT2D eigenvalue weighted by atomic mass is 9.67. The standard InChI is InChI=1S/C9H12ClN3OS/c1-9(2)4-3-5(9)11-6(14)7-12-13-8(10)15-7/h5H,3-4H2,1-2H3,(H,11,14). The van der Waals surface area contributed by atoms with E-state index in [1.165, 1.54) is 0 Å². The van der Waals surface area contributed by atoms with Crippen molar-refractivity contribution in [1.82, 2.24) is 15.5 Å². The van der Waals surface area contributed by atoms with E-state index in [1.807, 2.05) is 0 Å². The predicted octanol–water partition coefficient (Wildman–Crippen LogP) is 2.11. The summed E-state index contributed by atoms with van der Waals surface area (Å²) in [7, 11) is 0. The molecule has 6 heteroatoms. The van der Waals surface area contributed by atoms with E-state index in [2.05, 4.69) is 29.4 Å². The molecule has 1 N–H and O–H groups in total. The number of nitrogens with zero attached hydrogens (tertiary/aromatic N) is 2. The van der Waals surface area contributed by atoms with Crippen LogP contribution in [0.1, 0.15) is 36.5 Å². The van der Waals surface area contributed by atoms with Crippen LogP contribution in [0.5, 0.6) is 0 Å². The van der Waals surface area contributed by atoms with Gasteiger partial charge in [-0.1, -0.05) is 25.2 Å². The number of nitrogens with one attached hydrogen (secondary N) is 1. The number of hydrogen-bond acceptors (Lipinski definition) is 4. The van der Waals surface area contributed by atoms with Gasteiger partial charge in [-0.15, -0.1) is 10.2 Å². The molecule has 1 aliphatic carbocycles. The summed E-state index contributed by atoms with van der Waals surface area (Å²) in [6, 6.07) is 0.243. The third-order valence-electron chi connectivity index (χ3n) is 2.92. The average Bonchev–Trinajstić information content (AvgIpc) is 2.59. The van der Waals surface area contributed by atoms with Crippen molar-refractivity contribution in [2.24, 2.45) is 5.41 Å². The predicted molar refractivity (Wildman–Crippen MR) is 59.2 cm³/mol. The van der Waals surface area contributed by atoms with E-state index in [0.717, 1.165) is 24.2 Å². The van der Waals surface area contributed by atoms with E-state index in [0.29, 0.717) is 9.47 Å². The zero-order chi connectivity index (χ0) is 11.1. The molecule has 2 rings (SSSR count). The highest BCUT2D eigenvalue weighted by molar-refractivity contribution is 7.17. The second kappa shape index (κ2) is 3.72. The second-order valence-electron chi connectivity index (χ2n) is 4.41. The molecule has 1 fully saturated rings. The lowest BCUT2D eigenvalue weighted by molar-refractivity contribution is 0.0731. The van der Waals surface area contributed by atoms with Crippen molar-refractivity contribution in [3.05, 3.63) is 9.47 Å². The first-order chi connectivity index (χ1) is 6.99. The molecular formula is C9H12ClN3OS. The van der Waals surface area contributed by atoms with E-state index in [9.17, 15) is 4.79 Å². The van der Waals surface area contributed by atoms with Crippen LogP contribution in [0.4, 0.5) is 0 Å². The van der Waals surface area contributed by atoms with Crippen molar-refractivity contribution in [3.63, 3.8) is 0 Å². The maximum absolute atomic E-state index is 11.7. The molecular weight excluding hydrogens is 234 g/mol. The number of carbonyl (C=O) groups is 1. The molecule has 0 radical (unpaired) electrons. The summed E-state index contributed by atoms with van der Waals surface area (Å²) in [6.45, 7) is 4.29. The maximum atomic E-state index is 11.7. The fourth-order valence-electron chi connectivity index (χ4n) is 1.65. The Balaban J connectivity index is 1.99. The van der Waals surface area contributed by atoms with Gasteiger partial charge in [0.2, 0.25) is 9.47 Å². The van der Waals surface area contributed by atoms with Gasteiger partial charge >= 0.3 is 0 Å². The van der Waals surface area contributed by atoms with Gasteiger partial charge in [-0.25, -0.2) is 0 Å². The first kappa shape index (κ1) is 10.8. The van der Waals surface area contributed by atoms with E-state index < -0.39 is 0 Å². The number of carbonyl (C=O) groups excluding carboxylic acids is 1. The Bertz CT molecular complexity index is 390. The average molecular weight is 246 g/mol. The van der Waals surface area contributed by atoms with Crippen LogP contribution in [0.15, 0.2) is 0 Å². The summed E-state index contributed by atoms with van der Waals surface area (Å²) in [6.07, 6.45) is 2.18. The fraction of sp³-hybridized carbons (Fsp3) is 0.667. The van der Waals surface area contributed by atoms with Crippen molar-refractivity contribution >= 4 is 28.8 Å². The van der Waals surface area contributed by atoms with Gasteiger partial charge in [-0.2, -0.15) is 0 Å². The Morgan fingerprint density at radius 2 is 2.33 bits per heavy atom. The molecule has 1 saturated carbocycles. The topological polar surface area (TPSA) is 54.9 Å². The van der Waals surface area contributed by atoms with Crippen LogP contribution in [0.3, 0.4) is 0 Å². The molecule has 15 heavy (non-hydrogen) atoms. The van der Waals surface area contributed by atoms with Gasteiger partial charge in [0.1, 0.15) is 0 Å². The monoisotopic (exact) mass is 245 g/mol. The van der Waals surface area contributed by atoms with Gasteiger partial charge in [0.25, 0.3) is 5.91 Å². The largest absolute Gasteiger partial charge is 0.347 e. The fourth-order valence-corrected chi connectivity index (χ4v) is 2.38. The highest BCUT2D eigenvalue weighted by Crippen LogP contribution is 2.40. The van der Waals surface area contributed by atoms with Crippen LogP contribution < -0.4 is 5.32 Å². The smallest absolute Gasteiger partial charge is 0.282 e. The van der Waals surface area contributed by atoms with Gasteiger partial charge in [-0.05, 0) is 29.9 Å². The third-order valence-corrected chi connectivity index (χ3v) is 3.94. The molecule has 0 aliphatic heterocycles. The highest BCUT2D eigenvalue weighted by Gasteiger charge is 2.39. The number of aromatic nitrogens is 2. The Hall–Kier alpha value is -0.680. The molecule has 1 unspecified atom stereocenters. The molecule has 1 atom stereocenters. The Morgan fingerprint density at radius 3 is 2.73 bits per heavy atom. The lowest BCUT2D eigenvalue weighted by Gasteiger charge is -2.44. The van der Waals surface area contributed by atoms with Crippen LogP contribution in [-0.4, -0.2) is 22.1 Å². The number of rotatable bonds is 2. The first-order valence-corrected chi connectivity index (χ1v) is 5.98. The van der Waals surface area contributed by atoms with Crippen LogP contribution in [-0.2, 0) is 0 Å². The minimum atomic E-state index is -0.169. The van der Waals surface area contributed by atoms with E-state index in [-0.39, 0.29) is 17.4 Å². The molecule has 1 aromatic heterocycles. The van der Waals surface area contributed by atoms with Gasteiger partial charge in [0.15, 0.2) is 0 Å². The van der Waals surface area contributed by atoms with Crippen molar-refractivity contribution in [2.75, 3.05) is 0 Å². The molecule has 1 aliphatic rings. The number of amides is 1. The van der Waals surface area contributed by atoms with Crippen LogP contribution in [0, 0.1) is 5.41 Å². The minimum absolute atomic E-state index is 0.169. The van der Waals surface area contributed by atoms with E-state index in [4.69, 9.17) is 11.6 Å². The quantitative estimate of drug-likeness (QED) is 0.868. The summed E-state index contributed by atoms with van der Waals surface area (Å²) in [5.74, 6) is -0.169. The first-order valence-electron chi connectivity index (χ1n) is 4.79. The van der Waals surface area contributed by atoms with Gasteiger partial charge in [0.05, 0.1) is 0 Å². The molecule has 0 bridgehead atoms. The Kier molecular flexibility index (Phi) is 2.68. The summed E-state index contributed by atoms with van der Waals surface area (Å²) in [5, 5.41) is 10.6. The van der Waals surface area contributed by atoms with Crippen LogP contribution in [0.2, 0.25) is 4.47 Å². The second-order valence-corrected chi connectivity index (χ2v) is 5.97. The van der Waals surface area contributed by atoms with Gasteiger partial charge < -0.3 is 5.32 Å². The third kappa shape index (κ3) is 2.13. The Morgan fingerprint density at radius 1 is 1.60 bits per heavy atom. The van der Waals surface area contributed by atoms with E-state index >= 15 is 0 Å². The molecule has 0 aromatic carbocycles. The summed E-state index contributed by atoms with van der Waals surface area (Å²) < 4.78 is 0.299. The van der Waals surface area contributed by atoms with Crippen molar-refractivity contribution in [1.29, 1.82) is 0 Å². The molecule has 1 heterocycles. The molecule has 4 nitrogen and oxygen atoms in total. The summed E-state index contributed by atoms with van der Waals surface area (Å²) >= 11 is 6.71. The normalized spacial score (nSPS) is 23.3. The summed E-state index contributed by atoms with van der Waals surface area (Å²) in [4.78, 5) is 11.7. The SMILES string of the molecule is CC1(C)CCC1NC(=O)c1nnc(Cl)s1. The molecule has 1 amide bonds. The minimum Gasteiger partial charge on any atom is -0.347 e. The van der Waals surface area contributed by atoms with E-state index in [1.54, 1.807) is 0 Å². The van der Waals surface area contributed by atoms with Crippen LogP contribution in [0.25, 0.3) is 0 Å². The van der Waals surface area contributed by atoms with Gasteiger partial charge in [-0.3, -0.25) is 4.79 Å². The lowest BCUT2D eigenvalue weighted by Crippen LogP contribution is -2.52. The summed E-state index contributed by atoms with van der Waals surface area (Å²) in [5.41, 5.74) is 0.199. The highest BCUT2D eigenvalue weighted by atomic mass is 35.5. The molecule has 1 aromatic rings. The number of hydrogen-bond donors (Lipinski definition) is 1. The zero-order valence-electron chi connectivity index (χ0n) is 8.58.